The third-order valence-electron chi connectivity index (χ3n) is 4.12. The van der Waals surface area contributed by atoms with Crippen LogP contribution in [-0.4, -0.2) is 57.0 Å². The zero-order valence-corrected chi connectivity index (χ0v) is 13.8. The van der Waals surface area contributed by atoms with E-state index in [9.17, 15) is 8.42 Å². The lowest BCUT2D eigenvalue weighted by atomic mass is 10.0. The summed E-state index contributed by atoms with van der Waals surface area (Å²) in [6, 6.07) is 4.58. The Morgan fingerprint density at radius 2 is 1.95 bits per heavy atom. The van der Waals surface area contributed by atoms with E-state index >= 15 is 0 Å². The molecule has 1 aliphatic heterocycles. The predicted molar refractivity (Wildman–Crippen MR) is 82.9 cm³/mol. The number of piperazine rings is 1. The van der Waals surface area contributed by atoms with Crippen molar-refractivity contribution in [1.29, 1.82) is 0 Å². The predicted octanol–water partition coefficient (Wildman–Crippen LogP) is 0.992. The fourth-order valence-corrected chi connectivity index (χ4v) is 4.04. The molecule has 7 heteroatoms. The molecule has 21 heavy (non-hydrogen) atoms. The Kier molecular flexibility index (Phi) is 4.19. The first-order valence-electron chi connectivity index (χ1n) is 6.83. The van der Waals surface area contributed by atoms with Crippen LogP contribution in [0.3, 0.4) is 0 Å². The van der Waals surface area contributed by atoms with Crippen molar-refractivity contribution in [3.05, 3.63) is 18.2 Å². The number of methoxy groups -OCH3 is 1. The summed E-state index contributed by atoms with van der Waals surface area (Å²) in [5, 5.41) is 0. The minimum absolute atomic E-state index is 0.191. The highest BCUT2D eigenvalue weighted by atomic mass is 32.2. The highest BCUT2D eigenvalue weighted by molar-refractivity contribution is 7.89. The summed E-state index contributed by atoms with van der Waals surface area (Å²) in [5.41, 5.74) is 5.95. The number of sulfonamides is 1. The molecule has 6 nitrogen and oxygen atoms in total. The molecule has 0 amide bonds. The highest BCUT2D eigenvalue weighted by Gasteiger charge is 2.37. The fraction of sp³-hybridized carbons (Fsp3) is 0.571. The average Bonchev–Trinajstić information content (AvgIpc) is 2.41. The van der Waals surface area contributed by atoms with Gasteiger partial charge in [0.05, 0.1) is 17.7 Å². The van der Waals surface area contributed by atoms with E-state index in [4.69, 9.17) is 10.5 Å². The Bertz CT molecular complexity index is 628. The number of benzene rings is 1. The molecule has 0 saturated carbocycles. The number of ether oxygens (including phenoxy) is 1. The number of nitrogens with zero attached hydrogens (tertiary/aromatic N) is 2. The van der Waals surface area contributed by atoms with Crippen LogP contribution in [0.4, 0.5) is 5.69 Å². The van der Waals surface area contributed by atoms with E-state index in [0.29, 0.717) is 31.1 Å². The molecule has 0 bridgehead atoms. The quantitative estimate of drug-likeness (QED) is 0.842. The molecule has 2 N–H and O–H groups in total. The molecule has 1 aromatic rings. The van der Waals surface area contributed by atoms with Crippen LogP contribution in [0.5, 0.6) is 5.75 Å². The maximum Gasteiger partial charge on any atom is 0.243 e. The molecule has 0 spiro atoms. The van der Waals surface area contributed by atoms with Gasteiger partial charge in [0.1, 0.15) is 5.75 Å². The fourth-order valence-electron chi connectivity index (χ4n) is 2.42. The summed E-state index contributed by atoms with van der Waals surface area (Å²) in [6.07, 6.45) is 0. The molecule has 0 aliphatic carbocycles. The summed E-state index contributed by atoms with van der Waals surface area (Å²) in [6.45, 7) is 5.72. The van der Waals surface area contributed by atoms with Crippen molar-refractivity contribution in [2.75, 3.05) is 39.5 Å². The van der Waals surface area contributed by atoms with Gasteiger partial charge >= 0.3 is 0 Å². The number of hydrogen-bond acceptors (Lipinski definition) is 5. The first kappa shape index (κ1) is 16.1. The van der Waals surface area contributed by atoms with E-state index in [1.165, 1.54) is 23.5 Å². The van der Waals surface area contributed by atoms with Crippen molar-refractivity contribution in [3.63, 3.8) is 0 Å². The number of likely N-dealkylation sites (N-methyl/N-ethyl adjacent to an activating group) is 1. The number of hydrogen-bond donors (Lipinski definition) is 1. The Morgan fingerprint density at radius 3 is 2.48 bits per heavy atom. The molecule has 1 aliphatic rings. The van der Waals surface area contributed by atoms with Crippen LogP contribution in [-0.2, 0) is 10.0 Å². The normalized spacial score (nSPS) is 20.4. The smallest absolute Gasteiger partial charge is 0.243 e. The maximum absolute atomic E-state index is 12.7. The van der Waals surface area contributed by atoms with Gasteiger partial charge in [-0.1, -0.05) is 0 Å². The lowest BCUT2D eigenvalue weighted by Crippen LogP contribution is -2.58. The molecule has 1 heterocycles. The molecule has 0 aromatic heterocycles. The minimum atomic E-state index is -3.53. The summed E-state index contributed by atoms with van der Waals surface area (Å²) < 4.78 is 32.1. The van der Waals surface area contributed by atoms with Crippen molar-refractivity contribution < 1.29 is 13.2 Å². The molecule has 2 rings (SSSR count). The van der Waals surface area contributed by atoms with E-state index < -0.39 is 10.0 Å². The lowest BCUT2D eigenvalue weighted by Gasteiger charge is -2.44. The molecule has 118 valence electrons. The Labute approximate surface area is 126 Å². The van der Waals surface area contributed by atoms with Crippen LogP contribution in [0.1, 0.15) is 13.8 Å². The first-order chi connectivity index (χ1) is 9.68. The van der Waals surface area contributed by atoms with Gasteiger partial charge in [-0.15, -0.1) is 0 Å². The average molecular weight is 313 g/mol. The van der Waals surface area contributed by atoms with Crippen molar-refractivity contribution in [2.24, 2.45) is 0 Å². The van der Waals surface area contributed by atoms with Gasteiger partial charge in [0, 0.05) is 25.2 Å². The van der Waals surface area contributed by atoms with Crippen LogP contribution in [0.25, 0.3) is 0 Å². The lowest BCUT2D eigenvalue weighted by molar-refractivity contribution is 0.0801. The summed E-state index contributed by atoms with van der Waals surface area (Å²) in [4.78, 5) is 2.38. The largest absolute Gasteiger partial charge is 0.495 e. The minimum Gasteiger partial charge on any atom is -0.495 e. The van der Waals surface area contributed by atoms with Crippen molar-refractivity contribution in [1.82, 2.24) is 9.21 Å². The molecule has 1 fully saturated rings. The molecular weight excluding hydrogens is 290 g/mol. The van der Waals surface area contributed by atoms with E-state index in [2.05, 4.69) is 4.90 Å². The Balaban J connectivity index is 2.32. The number of rotatable bonds is 3. The van der Waals surface area contributed by atoms with Gasteiger partial charge < -0.3 is 10.5 Å². The van der Waals surface area contributed by atoms with Gasteiger partial charge in [-0.05, 0) is 39.1 Å². The van der Waals surface area contributed by atoms with E-state index in [1.54, 1.807) is 6.07 Å². The molecule has 1 aromatic carbocycles. The monoisotopic (exact) mass is 313 g/mol. The standard InChI is InChI=1S/C14H23N3O3S/c1-14(2)10-17(8-7-16(14)3)21(18,19)11-5-6-13(20-4)12(15)9-11/h5-6,9H,7-8,10,15H2,1-4H3. The highest BCUT2D eigenvalue weighted by Crippen LogP contribution is 2.29. The van der Waals surface area contributed by atoms with Crippen molar-refractivity contribution in [3.8, 4) is 5.75 Å². The topological polar surface area (TPSA) is 75.9 Å². The molecule has 0 unspecified atom stereocenters. The molecule has 0 atom stereocenters. The molecule has 0 radical (unpaired) electrons. The first-order valence-corrected chi connectivity index (χ1v) is 8.27. The molecule has 1 saturated heterocycles. The maximum atomic E-state index is 12.7. The van der Waals surface area contributed by atoms with Crippen LogP contribution in [0, 0.1) is 0 Å². The number of anilines is 1. The summed E-state index contributed by atoms with van der Waals surface area (Å²) in [5.74, 6) is 0.479. The Morgan fingerprint density at radius 1 is 1.29 bits per heavy atom. The second-order valence-corrected chi connectivity index (χ2v) is 7.91. The third kappa shape index (κ3) is 3.00. The SMILES string of the molecule is COc1ccc(S(=O)(=O)N2CCN(C)C(C)(C)C2)cc1N. The van der Waals surface area contributed by atoms with Gasteiger partial charge in [-0.2, -0.15) is 4.31 Å². The zero-order chi connectivity index (χ0) is 15.8. The van der Waals surface area contributed by atoms with Gasteiger partial charge in [0.2, 0.25) is 10.0 Å². The van der Waals surface area contributed by atoms with Gasteiger partial charge in [-0.25, -0.2) is 8.42 Å². The zero-order valence-electron chi connectivity index (χ0n) is 13.0. The number of nitrogen functional groups attached to an aromatic ring is 1. The molecular formula is C14H23N3O3S. The van der Waals surface area contributed by atoms with Crippen LogP contribution in [0.2, 0.25) is 0 Å². The van der Waals surface area contributed by atoms with Gasteiger partial charge in [-0.3, -0.25) is 4.90 Å². The van der Waals surface area contributed by atoms with Crippen molar-refractivity contribution >= 4 is 15.7 Å². The van der Waals surface area contributed by atoms with Crippen molar-refractivity contribution in [2.45, 2.75) is 24.3 Å². The van der Waals surface area contributed by atoms with Crippen LogP contribution >= 0.6 is 0 Å². The van der Waals surface area contributed by atoms with Crippen LogP contribution in [0.15, 0.2) is 23.1 Å². The summed E-state index contributed by atoms with van der Waals surface area (Å²) in [7, 11) is -0.0208. The van der Waals surface area contributed by atoms with E-state index in [1.807, 2.05) is 20.9 Å². The summed E-state index contributed by atoms with van der Waals surface area (Å²) >= 11 is 0. The van der Waals surface area contributed by atoms with Gasteiger partial charge in [0.15, 0.2) is 0 Å². The van der Waals surface area contributed by atoms with E-state index in [0.717, 1.165) is 0 Å². The third-order valence-corrected chi connectivity index (χ3v) is 5.96. The van der Waals surface area contributed by atoms with Gasteiger partial charge in [0.25, 0.3) is 0 Å². The van der Waals surface area contributed by atoms with Crippen LogP contribution < -0.4 is 10.5 Å². The number of nitrogens with two attached hydrogens (primary N) is 1. The van der Waals surface area contributed by atoms with E-state index in [-0.39, 0.29) is 10.4 Å². The second-order valence-electron chi connectivity index (χ2n) is 5.98. The Hall–Kier alpha value is -1.31. The second kappa shape index (κ2) is 5.47.